The summed E-state index contributed by atoms with van der Waals surface area (Å²) in [4.78, 5) is 2.12. The average Bonchev–Trinajstić information content (AvgIpc) is 2.98. The molecule has 0 saturated carbocycles. The molecule has 0 aliphatic rings. The molecule has 3 nitrogen and oxygen atoms in total. The molecule has 19 heavy (non-hydrogen) atoms. The number of hydrogen-bond donors (Lipinski definition) is 0. The van der Waals surface area contributed by atoms with Crippen LogP contribution in [0.4, 0.5) is 11.4 Å². The molecule has 0 saturated heterocycles. The van der Waals surface area contributed by atoms with Crippen LogP contribution in [-0.4, -0.2) is 16.8 Å². The SMILES string of the molecule is CN(c1ccccc1)c1cnn(-c2ccccc2)c1. The molecule has 0 unspecified atom stereocenters. The zero-order valence-electron chi connectivity index (χ0n) is 10.8. The van der Waals surface area contributed by atoms with E-state index >= 15 is 0 Å². The van der Waals surface area contributed by atoms with Gasteiger partial charge in [0.15, 0.2) is 0 Å². The summed E-state index contributed by atoms with van der Waals surface area (Å²) in [5, 5.41) is 4.41. The largest absolute Gasteiger partial charge is 0.342 e. The third-order valence-corrected chi connectivity index (χ3v) is 3.12. The van der Waals surface area contributed by atoms with Gasteiger partial charge in [-0.15, -0.1) is 0 Å². The average molecular weight is 249 g/mol. The van der Waals surface area contributed by atoms with Crippen molar-refractivity contribution < 1.29 is 0 Å². The number of hydrogen-bond acceptors (Lipinski definition) is 2. The Kier molecular flexibility index (Phi) is 3.02. The number of rotatable bonds is 3. The minimum absolute atomic E-state index is 1.06. The van der Waals surface area contributed by atoms with E-state index in [1.165, 1.54) is 0 Å². The van der Waals surface area contributed by atoms with Gasteiger partial charge in [-0.1, -0.05) is 36.4 Å². The highest BCUT2D eigenvalue weighted by Crippen LogP contribution is 2.23. The van der Waals surface area contributed by atoms with Crippen molar-refractivity contribution in [2.45, 2.75) is 0 Å². The quantitative estimate of drug-likeness (QED) is 0.706. The van der Waals surface area contributed by atoms with Crippen LogP contribution in [0.25, 0.3) is 5.69 Å². The summed E-state index contributed by atoms with van der Waals surface area (Å²) in [5.74, 6) is 0. The van der Waals surface area contributed by atoms with Gasteiger partial charge in [0, 0.05) is 12.7 Å². The molecule has 1 aromatic heterocycles. The van der Waals surface area contributed by atoms with Crippen molar-refractivity contribution >= 4 is 11.4 Å². The Morgan fingerprint density at radius 3 is 2.16 bits per heavy atom. The van der Waals surface area contributed by atoms with Crippen LogP contribution in [0.5, 0.6) is 0 Å². The predicted octanol–water partition coefficient (Wildman–Crippen LogP) is 3.64. The molecule has 2 aromatic carbocycles. The highest BCUT2D eigenvalue weighted by atomic mass is 15.3. The summed E-state index contributed by atoms with van der Waals surface area (Å²) < 4.78 is 1.88. The molecule has 3 rings (SSSR count). The first kappa shape index (κ1) is 11.5. The lowest BCUT2D eigenvalue weighted by Gasteiger charge is -2.16. The highest BCUT2D eigenvalue weighted by molar-refractivity contribution is 5.61. The summed E-state index contributed by atoms with van der Waals surface area (Å²) in [6.45, 7) is 0. The first-order valence-electron chi connectivity index (χ1n) is 6.23. The Bertz CT molecular complexity index is 644. The molecule has 1 heterocycles. The van der Waals surface area contributed by atoms with Gasteiger partial charge in [-0.05, 0) is 24.3 Å². The zero-order valence-corrected chi connectivity index (χ0v) is 10.8. The second-order valence-electron chi connectivity index (χ2n) is 4.37. The minimum Gasteiger partial charge on any atom is -0.342 e. The minimum atomic E-state index is 1.06. The first-order chi connectivity index (χ1) is 9.34. The lowest BCUT2D eigenvalue weighted by molar-refractivity contribution is 0.880. The third kappa shape index (κ3) is 2.36. The van der Waals surface area contributed by atoms with Crippen molar-refractivity contribution in [3.05, 3.63) is 73.1 Å². The Morgan fingerprint density at radius 1 is 0.842 bits per heavy atom. The van der Waals surface area contributed by atoms with Crippen molar-refractivity contribution in [1.29, 1.82) is 0 Å². The lowest BCUT2D eigenvalue weighted by atomic mass is 10.3. The molecule has 0 fully saturated rings. The van der Waals surface area contributed by atoms with Gasteiger partial charge >= 0.3 is 0 Å². The molecule has 0 spiro atoms. The second-order valence-corrected chi connectivity index (χ2v) is 4.37. The molecule has 3 aromatic rings. The van der Waals surface area contributed by atoms with Crippen molar-refractivity contribution in [2.24, 2.45) is 0 Å². The van der Waals surface area contributed by atoms with Crippen molar-refractivity contribution in [3.63, 3.8) is 0 Å². The third-order valence-electron chi connectivity index (χ3n) is 3.12. The summed E-state index contributed by atoms with van der Waals surface area (Å²) in [5.41, 5.74) is 3.28. The highest BCUT2D eigenvalue weighted by Gasteiger charge is 2.06. The van der Waals surface area contributed by atoms with E-state index in [4.69, 9.17) is 0 Å². The van der Waals surface area contributed by atoms with Gasteiger partial charge < -0.3 is 4.90 Å². The van der Waals surface area contributed by atoms with E-state index in [0.717, 1.165) is 17.1 Å². The fourth-order valence-electron chi connectivity index (χ4n) is 2.01. The van der Waals surface area contributed by atoms with Crippen molar-refractivity contribution in [3.8, 4) is 5.69 Å². The molecule has 0 amide bonds. The fourth-order valence-corrected chi connectivity index (χ4v) is 2.01. The van der Waals surface area contributed by atoms with Crippen molar-refractivity contribution in [1.82, 2.24) is 9.78 Å². The summed E-state index contributed by atoms with van der Waals surface area (Å²) in [6, 6.07) is 20.4. The predicted molar refractivity (Wildman–Crippen MR) is 78.1 cm³/mol. The topological polar surface area (TPSA) is 21.1 Å². The number of aromatic nitrogens is 2. The van der Waals surface area contributed by atoms with E-state index in [1.54, 1.807) is 0 Å². The normalized spacial score (nSPS) is 10.4. The van der Waals surface area contributed by atoms with E-state index in [0.29, 0.717) is 0 Å². The maximum absolute atomic E-state index is 4.41. The molecule has 0 aliphatic carbocycles. The Morgan fingerprint density at radius 2 is 1.47 bits per heavy atom. The molecular formula is C16H15N3. The van der Waals surface area contributed by atoms with Crippen LogP contribution in [0.3, 0.4) is 0 Å². The van der Waals surface area contributed by atoms with E-state index in [-0.39, 0.29) is 0 Å². The molecular weight excluding hydrogens is 234 g/mol. The van der Waals surface area contributed by atoms with Gasteiger partial charge in [-0.3, -0.25) is 0 Å². The molecule has 0 N–H and O–H groups in total. The molecule has 0 bridgehead atoms. The van der Waals surface area contributed by atoms with Crippen LogP contribution in [0.2, 0.25) is 0 Å². The number of benzene rings is 2. The lowest BCUT2D eigenvalue weighted by Crippen LogP contribution is -2.08. The summed E-state index contributed by atoms with van der Waals surface area (Å²) in [7, 11) is 2.04. The monoisotopic (exact) mass is 249 g/mol. The maximum Gasteiger partial charge on any atom is 0.0799 e. The molecule has 0 aliphatic heterocycles. The van der Waals surface area contributed by atoms with Crippen LogP contribution in [0.1, 0.15) is 0 Å². The van der Waals surface area contributed by atoms with Crippen LogP contribution in [0, 0.1) is 0 Å². The van der Waals surface area contributed by atoms with E-state index in [2.05, 4.69) is 22.1 Å². The van der Waals surface area contributed by atoms with Crippen LogP contribution < -0.4 is 4.90 Å². The van der Waals surface area contributed by atoms with Gasteiger partial charge in [-0.2, -0.15) is 5.10 Å². The van der Waals surface area contributed by atoms with Gasteiger partial charge in [0.2, 0.25) is 0 Å². The Hall–Kier alpha value is -2.55. The van der Waals surface area contributed by atoms with Crippen LogP contribution in [-0.2, 0) is 0 Å². The molecule has 3 heteroatoms. The van der Waals surface area contributed by atoms with E-state index in [1.807, 2.05) is 72.7 Å². The van der Waals surface area contributed by atoms with Crippen molar-refractivity contribution in [2.75, 3.05) is 11.9 Å². The van der Waals surface area contributed by atoms with Gasteiger partial charge in [-0.25, -0.2) is 4.68 Å². The first-order valence-corrected chi connectivity index (χ1v) is 6.23. The maximum atomic E-state index is 4.41. The number of para-hydroxylation sites is 2. The smallest absolute Gasteiger partial charge is 0.0799 e. The van der Waals surface area contributed by atoms with Crippen LogP contribution >= 0.6 is 0 Å². The summed E-state index contributed by atoms with van der Waals surface area (Å²) >= 11 is 0. The van der Waals surface area contributed by atoms with Gasteiger partial charge in [0.25, 0.3) is 0 Å². The molecule has 0 atom stereocenters. The Balaban J connectivity index is 1.90. The molecule has 0 radical (unpaired) electrons. The van der Waals surface area contributed by atoms with Gasteiger partial charge in [0.1, 0.15) is 0 Å². The van der Waals surface area contributed by atoms with Crippen LogP contribution in [0.15, 0.2) is 73.1 Å². The van der Waals surface area contributed by atoms with E-state index in [9.17, 15) is 0 Å². The van der Waals surface area contributed by atoms with Gasteiger partial charge in [0.05, 0.1) is 23.8 Å². The number of anilines is 2. The summed E-state index contributed by atoms with van der Waals surface area (Å²) in [6.07, 6.45) is 3.91. The Labute approximate surface area is 112 Å². The zero-order chi connectivity index (χ0) is 13.1. The second kappa shape index (κ2) is 4.98. The molecule has 94 valence electrons. The standard InChI is InChI=1S/C16H15N3/c1-18(14-8-4-2-5-9-14)16-12-17-19(13-16)15-10-6-3-7-11-15/h2-13H,1H3. The fraction of sp³-hybridized carbons (Fsp3) is 0.0625. The number of nitrogens with zero attached hydrogens (tertiary/aromatic N) is 3. The van der Waals surface area contributed by atoms with E-state index < -0.39 is 0 Å².